The van der Waals surface area contributed by atoms with Gasteiger partial charge in [0.1, 0.15) is 7.38 Å². The van der Waals surface area contributed by atoms with Crippen LogP contribution in [-0.2, 0) is 18.1 Å². The van der Waals surface area contributed by atoms with Crippen LogP contribution in [0.5, 0.6) is 0 Å². The Balaban J connectivity index is 0. The van der Waals surface area contributed by atoms with Crippen LogP contribution in [0, 0.1) is 0 Å². The Morgan fingerprint density at radius 2 is 1.50 bits per heavy atom. The van der Waals surface area contributed by atoms with E-state index in [0.717, 1.165) is 0 Å². The normalized spacial score (nSPS) is 11.3. The van der Waals surface area contributed by atoms with Gasteiger partial charge >= 0.3 is 8.80 Å². The van der Waals surface area contributed by atoms with Gasteiger partial charge in [-0.1, -0.05) is 19.6 Å². The number of hydrogen-bond donors (Lipinski definition) is 0. The maximum atomic E-state index is 9.76. The van der Waals surface area contributed by atoms with Gasteiger partial charge in [-0.05, 0) is 6.42 Å². The molecule has 0 aromatic rings. The van der Waals surface area contributed by atoms with E-state index in [1.54, 1.807) is 21.3 Å². The molecule has 0 aromatic carbocycles. The first kappa shape index (κ1) is 20.3. The van der Waals surface area contributed by atoms with Crippen LogP contribution >= 0.6 is 11.1 Å². The molecule has 18 heavy (non-hydrogen) atoms. The summed E-state index contributed by atoms with van der Waals surface area (Å²) in [4.78, 5) is 13.2. The van der Waals surface area contributed by atoms with Crippen molar-refractivity contribution in [3.63, 3.8) is 0 Å². The third kappa shape index (κ3) is 14.0. The second-order valence-corrected chi connectivity index (χ2v) is 15.1. The summed E-state index contributed by atoms with van der Waals surface area (Å²) in [5, 5.41) is 0. The summed E-state index contributed by atoms with van der Waals surface area (Å²) in [5.41, 5.74) is 0. The molecule has 0 rings (SSSR count). The van der Waals surface area contributed by atoms with Crippen molar-refractivity contribution < 1.29 is 18.1 Å². The van der Waals surface area contributed by atoms with Crippen LogP contribution in [0.3, 0.4) is 0 Å². The lowest BCUT2D eigenvalue weighted by Crippen LogP contribution is -2.42. The Labute approximate surface area is 117 Å². The van der Waals surface area contributed by atoms with Gasteiger partial charge in [0.25, 0.3) is 0 Å². The maximum absolute atomic E-state index is 9.76. The van der Waals surface area contributed by atoms with Gasteiger partial charge in [-0.3, -0.25) is 0 Å². The van der Waals surface area contributed by atoms with Crippen molar-refractivity contribution in [2.24, 2.45) is 4.99 Å². The maximum Gasteiger partial charge on any atom is 0.500 e. The number of nitrogens with zero attached hydrogens (tertiary/aromatic N) is 1. The van der Waals surface area contributed by atoms with Crippen molar-refractivity contribution in [3.05, 3.63) is 0 Å². The lowest BCUT2D eigenvalue weighted by molar-refractivity contribution is 0.123. The van der Waals surface area contributed by atoms with E-state index in [2.05, 4.69) is 24.6 Å². The molecule has 0 unspecified atom stereocenters. The first-order valence-corrected chi connectivity index (χ1v) is 12.1. The molecule has 0 bridgehead atoms. The Kier molecular flexibility index (Phi) is 12.3. The Morgan fingerprint density at radius 1 is 1.11 bits per heavy atom. The highest BCUT2D eigenvalue weighted by molar-refractivity contribution is 7.18. The molecule has 5 nitrogen and oxygen atoms in total. The summed E-state index contributed by atoms with van der Waals surface area (Å²) in [5.74, 6) is 0. The quantitative estimate of drug-likeness (QED) is 0.238. The lowest BCUT2D eigenvalue weighted by Gasteiger charge is -2.23. The molecule has 0 aromatic heterocycles. The molecule has 0 saturated carbocycles. The van der Waals surface area contributed by atoms with E-state index in [1.165, 1.54) is 6.08 Å². The predicted molar refractivity (Wildman–Crippen MR) is 78.4 cm³/mol. The van der Waals surface area contributed by atoms with Crippen molar-refractivity contribution in [2.75, 3.05) is 27.9 Å². The smallest absolute Gasteiger partial charge is 0.377 e. The molecule has 0 aliphatic carbocycles. The molecular weight excluding hydrogens is 290 g/mol. The van der Waals surface area contributed by atoms with E-state index < -0.39 is 16.2 Å². The van der Waals surface area contributed by atoms with Gasteiger partial charge in [0.05, 0.1) is 6.54 Å². The Bertz CT molecular complexity index is 236. The van der Waals surface area contributed by atoms with Crippen molar-refractivity contribution in [1.29, 1.82) is 0 Å². The molecule has 8 heteroatoms. The summed E-state index contributed by atoms with van der Waals surface area (Å²) >= 11 is 5.67. The molecule has 0 spiro atoms. The molecule has 108 valence electrons. The highest BCUT2D eigenvalue weighted by Crippen LogP contribution is 2.14. The second kappa shape index (κ2) is 10.9. The van der Waals surface area contributed by atoms with Gasteiger partial charge < -0.3 is 13.3 Å². The number of isocyanates is 1. The van der Waals surface area contributed by atoms with E-state index in [4.69, 9.17) is 24.4 Å². The zero-order valence-corrected chi connectivity index (χ0v) is 14.8. The van der Waals surface area contributed by atoms with E-state index in [-0.39, 0.29) is 0 Å². The minimum Gasteiger partial charge on any atom is -0.377 e. The average molecular weight is 314 g/mol. The van der Waals surface area contributed by atoms with Crippen molar-refractivity contribution in [3.8, 4) is 0 Å². The standard InChI is InChI=1S/C7H15NO4Si.C3H9ClSi/c1-10-13(11-2,12-3)6-4-5-8-7-9;1-5(2,3)4/h4-6H2,1-3H3;1-3H3. The van der Waals surface area contributed by atoms with Gasteiger partial charge in [-0.2, -0.15) is 11.1 Å². The minimum absolute atomic E-state index is 0.439. The van der Waals surface area contributed by atoms with E-state index >= 15 is 0 Å². The average Bonchev–Trinajstić information content (AvgIpc) is 2.28. The number of carbonyl (C=O) groups excluding carboxylic acids is 1. The van der Waals surface area contributed by atoms with Crippen LogP contribution < -0.4 is 0 Å². The first-order valence-electron chi connectivity index (χ1n) is 5.62. The van der Waals surface area contributed by atoms with Gasteiger partial charge in [0, 0.05) is 27.4 Å². The first-order chi connectivity index (χ1) is 8.24. The molecule has 0 radical (unpaired) electrons. The lowest BCUT2D eigenvalue weighted by atomic mass is 10.5. The molecule has 0 aliphatic heterocycles. The molecule has 0 atom stereocenters. The summed E-state index contributed by atoms with van der Waals surface area (Å²) in [6.45, 7) is 6.71. The predicted octanol–water partition coefficient (Wildman–Crippen LogP) is 2.65. The number of halogens is 1. The highest BCUT2D eigenvalue weighted by Gasteiger charge is 2.36. The number of rotatable bonds is 7. The third-order valence-electron chi connectivity index (χ3n) is 1.75. The molecule has 0 saturated heterocycles. The molecule has 0 amide bonds. The van der Waals surface area contributed by atoms with Gasteiger partial charge in [-0.15, -0.1) is 0 Å². The van der Waals surface area contributed by atoms with Crippen molar-refractivity contribution in [2.45, 2.75) is 32.1 Å². The highest BCUT2D eigenvalue weighted by atomic mass is 35.6. The Hall–Kier alpha value is -0.0162. The van der Waals surface area contributed by atoms with Crippen LogP contribution in [0.15, 0.2) is 4.99 Å². The monoisotopic (exact) mass is 313 g/mol. The second-order valence-electron chi connectivity index (χ2n) is 4.44. The third-order valence-corrected chi connectivity index (χ3v) is 4.58. The van der Waals surface area contributed by atoms with Crippen molar-refractivity contribution in [1.82, 2.24) is 0 Å². The topological polar surface area (TPSA) is 57.1 Å². The van der Waals surface area contributed by atoms with E-state index in [1.807, 2.05) is 0 Å². The summed E-state index contributed by atoms with van der Waals surface area (Å²) in [6, 6.07) is 0.654. The van der Waals surface area contributed by atoms with Crippen LogP contribution in [0.4, 0.5) is 0 Å². The number of hydrogen-bond acceptors (Lipinski definition) is 5. The molecule has 0 fully saturated rings. The summed E-state index contributed by atoms with van der Waals surface area (Å²) < 4.78 is 15.5. The van der Waals surface area contributed by atoms with Gasteiger partial charge in [0.2, 0.25) is 6.08 Å². The largest absolute Gasteiger partial charge is 0.500 e. The molecular formula is C10H24ClNO4Si2. The fourth-order valence-electron chi connectivity index (χ4n) is 0.976. The van der Waals surface area contributed by atoms with Crippen LogP contribution in [0.25, 0.3) is 0 Å². The van der Waals surface area contributed by atoms with Gasteiger partial charge in [-0.25, -0.2) is 9.79 Å². The fourth-order valence-corrected chi connectivity index (χ4v) is 2.68. The molecule has 0 aliphatic rings. The SMILES string of the molecule is CO[Si](CCCN=C=O)(OC)OC.C[Si](C)(C)Cl. The van der Waals surface area contributed by atoms with Crippen LogP contribution in [0.1, 0.15) is 6.42 Å². The molecule has 0 N–H and O–H groups in total. The molecule has 0 heterocycles. The zero-order valence-electron chi connectivity index (χ0n) is 12.1. The van der Waals surface area contributed by atoms with E-state index in [9.17, 15) is 4.79 Å². The van der Waals surface area contributed by atoms with Crippen LogP contribution in [0.2, 0.25) is 25.7 Å². The van der Waals surface area contributed by atoms with Gasteiger partial charge in [0.15, 0.2) is 0 Å². The van der Waals surface area contributed by atoms with Crippen LogP contribution in [-0.4, -0.2) is 50.1 Å². The Morgan fingerprint density at radius 3 is 1.78 bits per heavy atom. The fraction of sp³-hybridized carbons (Fsp3) is 0.900. The zero-order chi connectivity index (χ0) is 14.7. The summed E-state index contributed by atoms with van der Waals surface area (Å²) in [7, 11) is 1.08. The summed E-state index contributed by atoms with van der Waals surface area (Å²) in [6.07, 6.45) is 2.18. The minimum atomic E-state index is -2.46. The van der Waals surface area contributed by atoms with E-state index in [0.29, 0.717) is 19.0 Å². The number of aliphatic imine (C=N–C) groups is 1. The van der Waals surface area contributed by atoms with Crippen molar-refractivity contribution >= 4 is 33.3 Å².